The summed E-state index contributed by atoms with van der Waals surface area (Å²) in [5.74, 6) is -0.189. The fraction of sp³-hybridized carbons (Fsp3) is 0. The van der Waals surface area contributed by atoms with Crippen molar-refractivity contribution in [2.75, 3.05) is 5.32 Å². The molecule has 33 heavy (non-hydrogen) atoms. The van der Waals surface area contributed by atoms with E-state index in [4.69, 9.17) is 16.6 Å². The largest absolute Gasteiger partial charge is 0.298 e. The van der Waals surface area contributed by atoms with E-state index in [2.05, 4.69) is 5.32 Å². The van der Waals surface area contributed by atoms with Gasteiger partial charge in [0, 0.05) is 16.1 Å². The second kappa shape index (κ2) is 9.41. The smallest absolute Gasteiger partial charge is 0.257 e. The fourth-order valence-electron chi connectivity index (χ4n) is 3.58. The number of benzene rings is 4. The summed E-state index contributed by atoms with van der Waals surface area (Å²) in [7, 11) is 0. The molecule has 5 heteroatoms. The van der Waals surface area contributed by atoms with E-state index in [9.17, 15) is 4.79 Å². The first kappa shape index (κ1) is 21.1. The van der Waals surface area contributed by atoms with Crippen LogP contribution in [-0.4, -0.2) is 10.9 Å². The van der Waals surface area contributed by atoms with Gasteiger partial charge in [0.25, 0.3) is 5.91 Å². The van der Waals surface area contributed by atoms with Crippen molar-refractivity contribution in [2.45, 2.75) is 0 Å². The predicted molar refractivity (Wildman–Crippen MR) is 138 cm³/mol. The number of aromatic nitrogens is 1. The van der Waals surface area contributed by atoms with Gasteiger partial charge in [-0.25, -0.2) is 4.98 Å². The molecule has 3 nitrogen and oxygen atoms in total. The summed E-state index contributed by atoms with van der Waals surface area (Å²) in [6.45, 7) is 0. The number of carbonyl (C=O) groups is 1. The van der Waals surface area contributed by atoms with Crippen molar-refractivity contribution >= 4 is 34.0 Å². The van der Waals surface area contributed by atoms with E-state index in [1.165, 1.54) is 11.3 Å². The standard InChI is InChI=1S/C28H19ClN2OS/c29-24-17-15-22(16-18-24)26-25(21-9-5-2-6-10-21)30-28(33-26)31-27(32)23-13-11-20(12-14-23)19-7-3-1-4-8-19/h1-18H,(H,30,31,32). The van der Waals surface area contributed by atoms with E-state index in [1.807, 2.05) is 109 Å². The average Bonchev–Trinajstić information content (AvgIpc) is 3.29. The van der Waals surface area contributed by atoms with Gasteiger partial charge in [0.2, 0.25) is 0 Å². The average molecular weight is 467 g/mol. The Hall–Kier alpha value is -3.73. The number of halogens is 1. The summed E-state index contributed by atoms with van der Waals surface area (Å²) in [6, 6.07) is 35.3. The van der Waals surface area contributed by atoms with Crippen molar-refractivity contribution in [3.63, 3.8) is 0 Å². The van der Waals surface area contributed by atoms with Gasteiger partial charge in [-0.3, -0.25) is 10.1 Å². The van der Waals surface area contributed by atoms with Gasteiger partial charge < -0.3 is 0 Å². The van der Waals surface area contributed by atoms with Crippen molar-refractivity contribution < 1.29 is 4.79 Å². The highest BCUT2D eigenvalue weighted by Gasteiger charge is 2.17. The molecule has 0 atom stereocenters. The van der Waals surface area contributed by atoms with Gasteiger partial charge in [-0.15, -0.1) is 0 Å². The first-order valence-corrected chi connectivity index (χ1v) is 11.7. The predicted octanol–water partition coefficient (Wildman–Crippen LogP) is 8.05. The molecule has 1 aromatic heterocycles. The van der Waals surface area contributed by atoms with E-state index >= 15 is 0 Å². The summed E-state index contributed by atoms with van der Waals surface area (Å²) in [5, 5.41) is 4.20. The second-order valence-electron chi connectivity index (χ2n) is 7.47. The third kappa shape index (κ3) is 4.72. The van der Waals surface area contributed by atoms with Crippen LogP contribution in [0.5, 0.6) is 0 Å². The van der Waals surface area contributed by atoms with Gasteiger partial charge in [-0.05, 0) is 41.0 Å². The molecular formula is C28H19ClN2OS. The topological polar surface area (TPSA) is 42.0 Å². The summed E-state index contributed by atoms with van der Waals surface area (Å²) >= 11 is 7.53. The lowest BCUT2D eigenvalue weighted by Crippen LogP contribution is -2.11. The molecule has 1 amide bonds. The minimum atomic E-state index is -0.189. The van der Waals surface area contributed by atoms with Crippen molar-refractivity contribution in [3.05, 3.63) is 120 Å². The number of nitrogens with one attached hydrogen (secondary N) is 1. The van der Waals surface area contributed by atoms with Gasteiger partial charge in [-0.1, -0.05) is 108 Å². The Kier molecular flexibility index (Phi) is 6.03. The lowest BCUT2D eigenvalue weighted by atomic mass is 10.0. The highest BCUT2D eigenvalue weighted by atomic mass is 35.5. The van der Waals surface area contributed by atoms with Gasteiger partial charge in [-0.2, -0.15) is 0 Å². The highest BCUT2D eigenvalue weighted by Crippen LogP contribution is 2.39. The van der Waals surface area contributed by atoms with Gasteiger partial charge in [0.15, 0.2) is 5.13 Å². The molecule has 4 aromatic carbocycles. The number of nitrogens with zero attached hydrogens (tertiary/aromatic N) is 1. The van der Waals surface area contributed by atoms with E-state index in [1.54, 1.807) is 0 Å². The van der Waals surface area contributed by atoms with Crippen LogP contribution in [0.15, 0.2) is 109 Å². The van der Waals surface area contributed by atoms with Crippen molar-refractivity contribution in [2.24, 2.45) is 0 Å². The second-order valence-corrected chi connectivity index (χ2v) is 8.90. The van der Waals surface area contributed by atoms with Crippen molar-refractivity contribution in [1.82, 2.24) is 4.98 Å². The molecule has 1 heterocycles. The Morgan fingerprint density at radius 2 is 1.21 bits per heavy atom. The van der Waals surface area contributed by atoms with E-state index in [0.29, 0.717) is 15.7 Å². The molecule has 0 saturated carbocycles. The first-order valence-electron chi connectivity index (χ1n) is 10.5. The van der Waals surface area contributed by atoms with E-state index < -0.39 is 0 Å². The Morgan fingerprint density at radius 3 is 1.85 bits per heavy atom. The molecular weight excluding hydrogens is 448 g/mol. The molecule has 0 aliphatic carbocycles. The van der Waals surface area contributed by atoms with Crippen LogP contribution in [0.4, 0.5) is 5.13 Å². The number of thiazole rings is 1. The molecule has 0 unspecified atom stereocenters. The Balaban J connectivity index is 1.43. The van der Waals surface area contributed by atoms with Crippen LogP contribution >= 0.6 is 22.9 Å². The maximum atomic E-state index is 12.9. The van der Waals surface area contributed by atoms with Crippen molar-refractivity contribution in [1.29, 1.82) is 0 Å². The summed E-state index contributed by atoms with van der Waals surface area (Å²) in [4.78, 5) is 18.7. The lowest BCUT2D eigenvalue weighted by molar-refractivity contribution is 0.102. The quantitative estimate of drug-likeness (QED) is 0.284. The summed E-state index contributed by atoms with van der Waals surface area (Å²) < 4.78 is 0. The number of hydrogen-bond acceptors (Lipinski definition) is 3. The van der Waals surface area contributed by atoms with Crippen molar-refractivity contribution in [3.8, 4) is 32.8 Å². The van der Waals surface area contributed by atoms with Crippen LogP contribution in [0.3, 0.4) is 0 Å². The molecule has 1 N–H and O–H groups in total. The first-order chi connectivity index (χ1) is 16.2. The zero-order valence-corrected chi connectivity index (χ0v) is 19.1. The number of anilines is 1. The van der Waals surface area contributed by atoms with Crippen LogP contribution in [-0.2, 0) is 0 Å². The lowest BCUT2D eigenvalue weighted by Gasteiger charge is -2.04. The SMILES string of the molecule is O=C(Nc1nc(-c2ccccc2)c(-c2ccc(Cl)cc2)s1)c1ccc(-c2ccccc2)cc1. The third-order valence-electron chi connectivity index (χ3n) is 5.26. The number of rotatable bonds is 5. The molecule has 5 aromatic rings. The maximum Gasteiger partial charge on any atom is 0.257 e. The van der Waals surface area contributed by atoms with Crippen LogP contribution < -0.4 is 5.32 Å². The Labute approximate surface area is 201 Å². The van der Waals surface area contributed by atoms with Crippen LogP contribution in [0.2, 0.25) is 5.02 Å². The maximum absolute atomic E-state index is 12.9. The molecule has 0 aliphatic rings. The fourth-order valence-corrected chi connectivity index (χ4v) is 4.69. The summed E-state index contributed by atoms with van der Waals surface area (Å²) in [6.07, 6.45) is 0. The number of amides is 1. The molecule has 160 valence electrons. The zero-order chi connectivity index (χ0) is 22.6. The van der Waals surface area contributed by atoms with Gasteiger partial charge >= 0.3 is 0 Å². The van der Waals surface area contributed by atoms with E-state index in [0.717, 1.165) is 32.8 Å². The van der Waals surface area contributed by atoms with Gasteiger partial charge in [0.1, 0.15) is 0 Å². The monoisotopic (exact) mass is 466 g/mol. The molecule has 0 radical (unpaired) electrons. The number of carbonyl (C=O) groups excluding carboxylic acids is 1. The molecule has 0 saturated heterocycles. The van der Waals surface area contributed by atoms with Crippen LogP contribution in [0, 0.1) is 0 Å². The zero-order valence-electron chi connectivity index (χ0n) is 17.5. The summed E-state index contributed by atoms with van der Waals surface area (Å²) in [5.41, 5.74) is 5.59. The molecule has 5 rings (SSSR count). The minimum absolute atomic E-state index is 0.189. The minimum Gasteiger partial charge on any atom is -0.298 e. The third-order valence-corrected chi connectivity index (χ3v) is 6.53. The molecule has 0 fully saturated rings. The Morgan fingerprint density at radius 1 is 0.667 bits per heavy atom. The normalized spacial score (nSPS) is 10.7. The van der Waals surface area contributed by atoms with Crippen LogP contribution in [0.25, 0.3) is 32.8 Å². The number of hydrogen-bond donors (Lipinski definition) is 1. The molecule has 0 aliphatic heterocycles. The van der Waals surface area contributed by atoms with Crippen LogP contribution in [0.1, 0.15) is 10.4 Å². The molecule has 0 bridgehead atoms. The van der Waals surface area contributed by atoms with E-state index in [-0.39, 0.29) is 5.91 Å². The Bertz CT molecular complexity index is 1380. The highest BCUT2D eigenvalue weighted by molar-refractivity contribution is 7.19. The molecule has 0 spiro atoms. The van der Waals surface area contributed by atoms with Gasteiger partial charge in [0.05, 0.1) is 10.6 Å².